The molecule has 5 nitrogen and oxygen atoms in total. The van der Waals surface area contributed by atoms with Gasteiger partial charge in [0.05, 0.1) is 17.9 Å². The molecule has 1 aromatic heterocycles. The van der Waals surface area contributed by atoms with Crippen molar-refractivity contribution < 1.29 is 14.3 Å². The van der Waals surface area contributed by atoms with Crippen molar-refractivity contribution in [3.8, 4) is 17.2 Å². The Balaban J connectivity index is 1.74. The number of hydrogen-bond acceptors (Lipinski definition) is 4. The van der Waals surface area contributed by atoms with E-state index in [-0.39, 0.29) is 5.91 Å². The molecule has 29 heavy (non-hydrogen) atoms. The molecule has 150 valence electrons. The number of carbonyl (C=O) groups is 1. The van der Waals surface area contributed by atoms with Crippen LogP contribution in [-0.4, -0.2) is 17.5 Å². The van der Waals surface area contributed by atoms with E-state index >= 15 is 0 Å². The van der Waals surface area contributed by atoms with Crippen molar-refractivity contribution in [3.63, 3.8) is 0 Å². The van der Waals surface area contributed by atoms with Crippen LogP contribution in [0.4, 0.5) is 5.69 Å². The van der Waals surface area contributed by atoms with E-state index in [1.165, 1.54) is 0 Å². The molecule has 0 atom stereocenters. The maximum absolute atomic E-state index is 12.7. The Bertz CT molecular complexity index is 985. The first-order valence-corrected chi connectivity index (χ1v) is 9.88. The average Bonchev–Trinajstić information content (AvgIpc) is 2.70. The summed E-state index contributed by atoms with van der Waals surface area (Å²) in [4.78, 5) is 17.2. The lowest BCUT2D eigenvalue weighted by molar-refractivity contribution is 0.102. The molecule has 1 amide bonds. The number of carbonyl (C=O) groups excluding carboxylic acids is 1. The molecule has 0 aliphatic heterocycles. The lowest BCUT2D eigenvalue weighted by Gasteiger charge is -2.13. The van der Waals surface area contributed by atoms with Crippen LogP contribution in [0.2, 0.25) is 0 Å². The normalized spacial score (nSPS) is 10.4. The highest BCUT2D eigenvalue weighted by Gasteiger charge is 2.12. The van der Waals surface area contributed by atoms with Crippen molar-refractivity contribution >= 4 is 11.6 Å². The van der Waals surface area contributed by atoms with Gasteiger partial charge in [0.15, 0.2) is 11.5 Å². The lowest BCUT2D eigenvalue weighted by atomic mass is 10.1. The fourth-order valence-corrected chi connectivity index (χ4v) is 3.02. The predicted octanol–water partition coefficient (Wildman–Crippen LogP) is 5.79. The fourth-order valence-electron chi connectivity index (χ4n) is 3.02. The van der Waals surface area contributed by atoms with Gasteiger partial charge in [0.1, 0.15) is 5.75 Å². The molecule has 3 rings (SSSR count). The first kappa shape index (κ1) is 20.4. The van der Waals surface area contributed by atoms with Crippen LogP contribution in [0.5, 0.6) is 17.2 Å². The maximum Gasteiger partial charge on any atom is 0.257 e. The molecular formula is C24H26N2O3. The standard InChI is InChI=1S/C24H26N2O3/c1-4-9-18-14-15-21(17(3)25-18)24(27)26-19-10-8-11-20(16-19)29-23-13-7-6-12-22(23)28-5-2/h6-8,10-16H,4-5,9H2,1-3H3,(H,26,27). The number of pyridine rings is 1. The van der Waals surface area contributed by atoms with E-state index in [0.29, 0.717) is 35.1 Å². The molecule has 5 heteroatoms. The van der Waals surface area contributed by atoms with Gasteiger partial charge < -0.3 is 14.8 Å². The number of benzene rings is 2. The molecular weight excluding hydrogens is 364 g/mol. The van der Waals surface area contributed by atoms with Crippen LogP contribution >= 0.6 is 0 Å². The summed E-state index contributed by atoms with van der Waals surface area (Å²) >= 11 is 0. The third kappa shape index (κ3) is 5.35. The first-order valence-electron chi connectivity index (χ1n) is 9.88. The van der Waals surface area contributed by atoms with Gasteiger partial charge in [0, 0.05) is 17.4 Å². The molecule has 0 fully saturated rings. The molecule has 0 unspecified atom stereocenters. The van der Waals surface area contributed by atoms with E-state index in [1.54, 1.807) is 6.07 Å². The summed E-state index contributed by atoms with van der Waals surface area (Å²) < 4.78 is 11.6. The first-order chi connectivity index (χ1) is 14.1. The van der Waals surface area contributed by atoms with Crippen LogP contribution in [-0.2, 0) is 6.42 Å². The van der Waals surface area contributed by atoms with Crippen molar-refractivity contribution in [2.24, 2.45) is 0 Å². The minimum atomic E-state index is -0.190. The Labute approximate surface area is 171 Å². The highest BCUT2D eigenvalue weighted by Crippen LogP contribution is 2.32. The van der Waals surface area contributed by atoms with Gasteiger partial charge in [-0.05, 0) is 56.7 Å². The van der Waals surface area contributed by atoms with Crippen LogP contribution in [0.15, 0.2) is 60.7 Å². The average molecular weight is 390 g/mol. The minimum absolute atomic E-state index is 0.190. The Hall–Kier alpha value is -3.34. The zero-order chi connectivity index (χ0) is 20.6. The SMILES string of the molecule is CCCc1ccc(C(=O)Nc2cccc(Oc3ccccc3OCC)c2)c(C)n1. The molecule has 1 N–H and O–H groups in total. The number of nitrogens with one attached hydrogen (secondary N) is 1. The largest absolute Gasteiger partial charge is 0.490 e. The molecule has 0 saturated heterocycles. The van der Waals surface area contributed by atoms with E-state index in [9.17, 15) is 4.79 Å². The summed E-state index contributed by atoms with van der Waals surface area (Å²) in [5, 5.41) is 2.93. The van der Waals surface area contributed by atoms with Gasteiger partial charge in [-0.15, -0.1) is 0 Å². The molecule has 0 bridgehead atoms. The predicted molar refractivity (Wildman–Crippen MR) is 115 cm³/mol. The van der Waals surface area contributed by atoms with Crippen LogP contribution in [0.1, 0.15) is 42.0 Å². The molecule has 0 aliphatic carbocycles. The summed E-state index contributed by atoms with van der Waals surface area (Å²) in [6.07, 6.45) is 1.93. The Morgan fingerprint density at radius 2 is 1.79 bits per heavy atom. The van der Waals surface area contributed by atoms with Gasteiger partial charge in [-0.3, -0.25) is 9.78 Å². The quantitative estimate of drug-likeness (QED) is 0.529. The number of ether oxygens (including phenoxy) is 2. The highest BCUT2D eigenvalue weighted by atomic mass is 16.5. The molecule has 2 aromatic carbocycles. The van der Waals surface area contributed by atoms with Gasteiger partial charge >= 0.3 is 0 Å². The number of anilines is 1. The Morgan fingerprint density at radius 3 is 2.52 bits per heavy atom. The number of aromatic nitrogens is 1. The van der Waals surface area contributed by atoms with E-state index in [2.05, 4.69) is 17.2 Å². The fraction of sp³-hybridized carbons (Fsp3) is 0.250. The summed E-state index contributed by atoms with van der Waals surface area (Å²) in [5.74, 6) is 1.73. The summed E-state index contributed by atoms with van der Waals surface area (Å²) in [6.45, 7) is 6.46. The van der Waals surface area contributed by atoms with Crippen molar-refractivity contribution in [2.75, 3.05) is 11.9 Å². The van der Waals surface area contributed by atoms with Crippen LogP contribution in [0, 0.1) is 6.92 Å². The number of nitrogens with zero attached hydrogens (tertiary/aromatic N) is 1. The second kappa shape index (κ2) is 9.73. The van der Waals surface area contributed by atoms with Gasteiger partial charge in [0.2, 0.25) is 0 Å². The van der Waals surface area contributed by atoms with E-state index in [4.69, 9.17) is 9.47 Å². The van der Waals surface area contributed by atoms with Crippen LogP contribution < -0.4 is 14.8 Å². The molecule has 0 saturated carbocycles. The molecule has 0 aliphatic rings. The highest BCUT2D eigenvalue weighted by molar-refractivity contribution is 6.05. The smallest absolute Gasteiger partial charge is 0.257 e. The molecule has 0 spiro atoms. The maximum atomic E-state index is 12.7. The second-order valence-corrected chi connectivity index (χ2v) is 6.65. The van der Waals surface area contributed by atoms with E-state index < -0.39 is 0 Å². The van der Waals surface area contributed by atoms with Gasteiger partial charge in [-0.1, -0.05) is 31.5 Å². The monoisotopic (exact) mass is 390 g/mol. The number of rotatable bonds is 8. The summed E-state index contributed by atoms with van der Waals surface area (Å²) in [7, 11) is 0. The third-order valence-electron chi connectivity index (χ3n) is 4.36. The third-order valence-corrected chi connectivity index (χ3v) is 4.36. The molecule has 3 aromatic rings. The van der Waals surface area contributed by atoms with Crippen molar-refractivity contribution in [2.45, 2.75) is 33.6 Å². The number of amides is 1. The number of hydrogen-bond donors (Lipinski definition) is 1. The minimum Gasteiger partial charge on any atom is -0.490 e. The van der Waals surface area contributed by atoms with E-state index in [1.807, 2.05) is 68.4 Å². The van der Waals surface area contributed by atoms with E-state index in [0.717, 1.165) is 24.2 Å². The topological polar surface area (TPSA) is 60.5 Å². The second-order valence-electron chi connectivity index (χ2n) is 6.65. The van der Waals surface area contributed by atoms with Gasteiger partial charge in [-0.2, -0.15) is 0 Å². The zero-order valence-corrected chi connectivity index (χ0v) is 17.1. The lowest BCUT2D eigenvalue weighted by Crippen LogP contribution is -2.14. The summed E-state index contributed by atoms with van der Waals surface area (Å²) in [5.41, 5.74) is 2.95. The van der Waals surface area contributed by atoms with Crippen molar-refractivity contribution in [1.82, 2.24) is 4.98 Å². The number of para-hydroxylation sites is 2. The summed E-state index contributed by atoms with van der Waals surface area (Å²) in [6, 6.07) is 18.5. The molecule has 0 radical (unpaired) electrons. The number of aryl methyl sites for hydroxylation is 2. The van der Waals surface area contributed by atoms with Crippen LogP contribution in [0.25, 0.3) is 0 Å². The Kier molecular flexibility index (Phi) is 6.85. The van der Waals surface area contributed by atoms with Crippen LogP contribution in [0.3, 0.4) is 0 Å². The zero-order valence-electron chi connectivity index (χ0n) is 17.1. The Morgan fingerprint density at radius 1 is 1.00 bits per heavy atom. The van der Waals surface area contributed by atoms with Gasteiger partial charge in [-0.25, -0.2) is 0 Å². The van der Waals surface area contributed by atoms with Gasteiger partial charge in [0.25, 0.3) is 5.91 Å². The van der Waals surface area contributed by atoms with Crippen molar-refractivity contribution in [1.29, 1.82) is 0 Å². The molecule has 1 heterocycles. The van der Waals surface area contributed by atoms with Crippen molar-refractivity contribution in [3.05, 3.63) is 77.6 Å².